The minimum atomic E-state index is -0.449. The first-order chi connectivity index (χ1) is 12.3. The molecule has 0 aliphatic carbocycles. The van der Waals surface area contributed by atoms with E-state index in [2.05, 4.69) is 17.1 Å². The summed E-state index contributed by atoms with van der Waals surface area (Å²) < 4.78 is 5.50. The van der Waals surface area contributed by atoms with Crippen molar-refractivity contribution in [2.75, 3.05) is 39.3 Å². The van der Waals surface area contributed by atoms with Crippen LogP contribution in [0.1, 0.15) is 53.4 Å². The summed E-state index contributed by atoms with van der Waals surface area (Å²) in [5.41, 5.74) is -0.449. The standard InChI is InChI=1S/C19H36N4O3/c1-5-20-17(22-12-9-16(24)14-22)21-10-8-15-7-6-11-23(13-15)18(25)26-19(2,3)4/h15-16,24H,5-14H2,1-4H3,(H,20,21)/t15?,16-/m1/s1. The zero-order valence-electron chi connectivity index (χ0n) is 16.8. The molecule has 0 aromatic rings. The summed E-state index contributed by atoms with van der Waals surface area (Å²) in [6.45, 7) is 12.4. The van der Waals surface area contributed by atoms with Crippen molar-refractivity contribution in [3.05, 3.63) is 0 Å². The number of nitrogens with zero attached hydrogens (tertiary/aromatic N) is 3. The number of carbonyl (C=O) groups excluding carboxylic acids is 1. The summed E-state index contributed by atoms with van der Waals surface area (Å²) >= 11 is 0. The van der Waals surface area contributed by atoms with Gasteiger partial charge in [-0.25, -0.2) is 4.79 Å². The Morgan fingerprint density at radius 3 is 2.62 bits per heavy atom. The highest BCUT2D eigenvalue weighted by Gasteiger charge is 2.27. The summed E-state index contributed by atoms with van der Waals surface area (Å²) in [5.74, 6) is 1.36. The molecule has 0 saturated carbocycles. The van der Waals surface area contributed by atoms with Crippen molar-refractivity contribution in [2.45, 2.75) is 65.1 Å². The third-order valence-corrected chi connectivity index (χ3v) is 4.77. The number of ether oxygens (including phenoxy) is 1. The first-order valence-corrected chi connectivity index (χ1v) is 9.97. The predicted molar refractivity (Wildman–Crippen MR) is 103 cm³/mol. The molecular weight excluding hydrogens is 332 g/mol. The Bertz CT molecular complexity index is 490. The molecule has 2 saturated heterocycles. The maximum atomic E-state index is 12.3. The number of β-amino-alcohol motifs (C(OH)–C–C–N with tert-alkyl or cyclic N) is 1. The third kappa shape index (κ3) is 6.67. The predicted octanol–water partition coefficient (Wildman–Crippen LogP) is 2.06. The van der Waals surface area contributed by atoms with Gasteiger partial charge in [0.15, 0.2) is 5.96 Å². The van der Waals surface area contributed by atoms with Crippen molar-refractivity contribution in [3.8, 4) is 0 Å². The number of aliphatic imine (C=N–C) groups is 1. The molecule has 0 bridgehead atoms. The number of hydrogen-bond acceptors (Lipinski definition) is 4. The van der Waals surface area contributed by atoms with Gasteiger partial charge in [0.25, 0.3) is 0 Å². The van der Waals surface area contributed by atoms with Crippen LogP contribution in [0.15, 0.2) is 4.99 Å². The third-order valence-electron chi connectivity index (χ3n) is 4.77. The van der Waals surface area contributed by atoms with Crippen molar-refractivity contribution >= 4 is 12.1 Å². The van der Waals surface area contributed by atoms with Gasteiger partial charge in [0.1, 0.15) is 5.60 Å². The van der Waals surface area contributed by atoms with E-state index in [1.54, 1.807) is 0 Å². The van der Waals surface area contributed by atoms with Crippen molar-refractivity contribution in [3.63, 3.8) is 0 Å². The zero-order valence-corrected chi connectivity index (χ0v) is 16.8. The van der Waals surface area contributed by atoms with Crippen LogP contribution in [0.5, 0.6) is 0 Å². The molecule has 150 valence electrons. The monoisotopic (exact) mass is 368 g/mol. The van der Waals surface area contributed by atoms with Gasteiger partial charge in [-0.1, -0.05) is 0 Å². The highest BCUT2D eigenvalue weighted by atomic mass is 16.6. The number of carbonyl (C=O) groups is 1. The van der Waals surface area contributed by atoms with Crippen molar-refractivity contribution in [1.82, 2.24) is 15.1 Å². The molecule has 2 atom stereocenters. The van der Waals surface area contributed by atoms with E-state index in [1.807, 2.05) is 25.7 Å². The van der Waals surface area contributed by atoms with E-state index in [4.69, 9.17) is 9.73 Å². The SMILES string of the molecule is CCNC(=NCCC1CCCN(C(=O)OC(C)(C)C)C1)N1CC[C@@H](O)C1. The Morgan fingerprint density at radius 1 is 1.23 bits per heavy atom. The van der Waals surface area contributed by atoms with E-state index in [-0.39, 0.29) is 12.2 Å². The minimum Gasteiger partial charge on any atom is -0.444 e. The second-order valence-electron chi connectivity index (χ2n) is 8.35. The van der Waals surface area contributed by atoms with Gasteiger partial charge in [-0.3, -0.25) is 4.99 Å². The normalized spacial score (nSPS) is 24.7. The Balaban J connectivity index is 1.82. The van der Waals surface area contributed by atoms with Crippen molar-refractivity contribution in [1.29, 1.82) is 0 Å². The fourth-order valence-corrected chi connectivity index (χ4v) is 3.51. The van der Waals surface area contributed by atoms with E-state index >= 15 is 0 Å². The second-order valence-corrected chi connectivity index (χ2v) is 8.35. The van der Waals surface area contributed by atoms with Gasteiger partial charge in [0.05, 0.1) is 6.10 Å². The van der Waals surface area contributed by atoms with Gasteiger partial charge in [0, 0.05) is 39.3 Å². The highest BCUT2D eigenvalue weighted by molar-refractivity contribution is 5.80. The molecule has 2 aliphatic heterocycles. The molecule has 2 rings (SSSR count). The van der Waals surface area contributed by atoms with E-state index in [1.165, 1.54) is 0 Å². The summed E-state index contributed by atoms with van der Waals surface area (Å²) in [7, 11) is 0. The summed E-state index contributed by atoms with van der Waals surface area (Å²) in [6.07, 6.45) is 3.46. The van der Waals surface area contributed by atoms with E-state index in [9.17, 15) is 9.90 Å². The summed E-state index contributed by atoms with van der Waals surface area (Å²) in [6, 6.07) is 0. The maximum Gasteiger partial charge on any atom is 0.410 e. The zero-order chi connectivity index (χ0) is 19.2. The lowest BCUT2D eigenvalue weighted by atomic mass is 9.95. The van der Waals surface area contributed by atoms with E-state index < -0.39 is 5.60 Å². The van der Waals surface area contributed by atoms with Crippen molar-refractivity contribution < 1.29 is 14.6 Å². The Labute approximate surface area is 157 Å². The smallest absolute Gasteiger partial charge is 0.410 e. The Kier molecular flexibility index (Phi) is 7.55. The molecular formula is C19H36N4O3. The fourth-order valence-electron chi connectivity index (χ4n) is 3.51. The molecule has 1 amide bonds. The Hall–Kier alpha value is -1.50. The fraction of sp³-hybridized carbons (Fsp3) is 0.895. The number of hydrogen-bond donors (Lipinski definition) is 2. The molecule has 7 heteroatoms. The van der Waals surface area contributed by atoms with Gasteiger partial charge in [-0.15, -0.1) is 0 Å². The lowest BCUT2D eigenvalue weighted by molar-refractivity contribution is 0.0163. The van der Waals surface area contributed by atoms with Crippen LogP contribution in [0.25, 0.3) is 0 Å². The lowest BCUT2D eigenvalue weighted by Crippen LogP contribution is -2.43. The van der Waals surface area contributed by atoms with Crippen LogP contribution < -0.4 is 5.32 Å². The molecule has 1 unspecified atom stereocenters. The van der Waals surface area contributed by atoms with Crippen LogP contribution >= 0.6 is 0 Å². The number of nitrogens with one attached hydrogen (secondary N) is 1. The molecule has 0 spiro atoms. The number of amides is 1. The van der Waals surface area contributed by atoms with Crippen molar-refractivity contribution in [2.24, 2.45) is 10.9 Å². The van der Waals surface area contributed by atoms with Gasteiger partial charge < -0.3 is 25.0 Å². The van der Waals surface area contributed by atoms with Crippen LogP contribution in [0.4, 0.5) is 4.79 Å². The molecule has 26 heavy (non-hydrogen) atoms. The van der Waals surface area contributed by atoms with Gasteiger partial charge in [-0.2, -0.15) is 0 Å². The van der Waals surface area contributed by atoms with Gasteiger partial charge in [-0.05, 0) is 59.3 Å². The number of piperidine rings is 1. The number of rotatable bonds is 4. The van der Waals surface area contributed by atoms with E-state index in [0.29, 0.717) is 12.5 Å². The molecule has 0 radical (unpaired) electrons. The molecule has 0 aromatic heterocycles. The molecule has 2 fully saturated rings. The molecule has 7 nitrogen and oxygen atoms in total. The van der Waals surface area contributed by atoms with Gasteiger partial charge in [0.2, 0.25) is 0 Å². The average molecular weight is 369 g/mol. The first kappa shape index (κ1) is 20.8. The van der Waals surface area contributed by atoms with Crippen LogP contribution in [0, 0.1) is 5.92 Å². The van der Waals surface area contributed by atoms with Gasteiger partial charge >= 0.3 is 6.09 Å². The molecule has 2 heterocycles. The van der Waals surface area contributed by atoms with Crippen LogP contribution in [-0.2, 0) is 4.74 Å². The van der Waals surface area contributed by atoms with Crippen LogP contribution in [-0.4, -0.2) is 77.9 Å². The second kappa shape index (κ2) is 9.44. The minimum absolute atomic E-state index is 0.204. The number of aliphatic hydroxyl groups is 1. The number of guanidine groups is 1. The average Bonchev–Trinajstić information content (AvgIpc) is 2.99. The quantitative estimate of drug-likeness (QED) is 0.587. The van der Waals surface area contributed by atoms with E-state index in [0.717, 1.165) is 64.4 Å². The molecule has 2 aliphatic rings. The maximum absolute atomic E-state index is 12.3. The lowest BCUT2D eigenvalue weighted by Gasteiger charge is -2.34. The largest absolute Gasteiger partial charge is 0.444 e. The highest BCUT2D eigenvalue weighted by Crippen LogP contribution is 2.22. The van der Waals surface area contributed by atoms with Crippen LogP contribution in [0.3, 0.4) is 0 Å². The number of likely N-dealkylation sites (tertiary alicyclic amines) is 2. The summed E-state index contributed by atoms with van der Waals surface area (Å²) in [5, 5.41) is 13.0. The molecule has 2 N–H and O–H groups in total. The topological polar surface area (TPSA) is 77.4 Å². The Morgan fingerprint density at radius 2 is 2.00 bits per heavy atom. The number of aliphatic hydroxyl groups excluding tert-OH is 1. The first-order valence-electron chi connectivity index (χ1n) is 9.97. The van der Waals surface area contributed by atoms with Crippen LogP contribution in [0.2, 0.25) is 0 Å². The summed E-state index contributed by atoms with van der Waals surface area (Å²) in [4.78, 5) is 21.0. The molecule has 0 aromatic carbocycles.